The summed E-state index contributed by atoms with van der Waals surface area (Å²) >= 11 is 0. The first-order valence-electron chi connectivity index (χ1n) is 9.04. The van der Waals surface area contributed by atoms with Crippen molar-refractivity contribution in [1.82, 2.24) is 0 Å². The summed E-state index contributed by atoms with van der Waals surface area (Å²) in [5.41, 5.74) is -0.689. The van der Waals surface area contributed by atoms with E-state index in [0.29, 0.717) is 12.8 Å². The van der Waals surface area contributed by atoms with Crippen LogP contribution in [0.4, 0.5) is 0 Å². The standard InChI is InChI=1S/C19H33O4P/c1-4-7-14-18(6-3,16-23-24(21)22)19(20,15-8-5-2)17-12-10-9-11-13-17/h9-13,20-22H,4-8,14-16H2,1-3H3. The van der Waals surface area contributed by atoms with Crippen LogP contribution in [0.3, 0.4) is 0 Å². The van der Waals surface area contributed by atoms with E-state index in [4.69, 9.17) is 4.52 Å². The minimum absolute atomic E-state index is 0.150. The molecule has 24 heavy (non-hydrogen) atoms. The van der Waals surface area contributed by atoms with Crippen LogP contribution < -0.4 is 0 Å². The summed E-state index contributed by atoms with van der Waals surface area (Å²) < 4.78 is 5.26. The third-order valence-corrected chi connectivity index (χ3v) is 5.52. The van der Waals surface area contributed by atoms with Gasteiger partial charge in [-0.25, -0.2) is 0 Å². The molecule has 4 nitrogen and oxygen atoms in total. The fraction of sp³-hybridized carbons (Fsp3) is 0.684. The van der Waals surface area contributed by atoms with E-state index in [-0.39, 0.29) is 6.61 Å². The molecule has 2 unspecified atom stereocenters. The van der Waals surface area contributed by atoms with Crippen LogP contribution in [0.1, 0.15) is 71.3 Å². The lowest BCUT2D eigenvalue weighted by molar-refractivity contribution is -0.127. The molecule has 5 heteroatoms. The largest absolute Gasteiger partial charge is 0.384 e. The number of unbranched alkanes of at least 4 members (excludes halogenated alkanes) is 2. The SMILES string of the molecule is CCCCC(CC)(COP(O)O)C(O)(CCCC)c1ccccc1. The molecule has 0 spiro atoms. The van der Waals surface area contributed by atoms with Crippen molar-refractivity contribution < 1.29 is 19.4 Å². The van der Waals surface area contributed by atoms with E-state index < -0.39 is 19.6 Å². The number of rotatable bonds is 12. The van der Waals surface area contributed by atoms with Crippen molar-refractivity contribution in [3.05, 3.63) is 35.9 Å². The molecule has 0 saturated heterocycles. The topological polar surface area (TPSA) is 69.9 Å². The second-order valence-electron chi connectivity index (χ2n) is 6.59. The highest BCUT2D eigenvalue weighted by Crippen LogP contribution is 2.51. The zero-order valence-corrected chi connectivity index (χ0v) is 16.1. The molecule has 138 valence electrons. The van der Waals surface area contributed by atoms with Crippen LogP contribution in [0.5, 0.6) is 0 Å². The van der Waals surface area contributed by atoms with Crippen LogP contribution in [0.25, 0.3) is 0 Å². The second kappa shape index (κ2) is 10.5. The molecule has 3 N–H and O–H groups in total. The van der Waals surface area contributed by atoms with Crippen LogP contribution in [-0.2, 0) is 10.1 Å². The van der Waals surface area contributed by atoms with Gasteiger partial charge in [-0.1, -0.05) is 76.8 Å². The maximum absolute atomic E-state index is 11.8. The van der Waals surface area contributed by atoms with Crippen molar-refractivity contribution in [1.29, 1.82) is 0 Å². The van der Waals surface area contributed by atoms with Gasteiger partial charge in [0.05, 0.1) is 12.2 Å². The van der Waals surface area contributed by atoms with Gasteiger partial charge in [0.1, 0.15) is 0 Å². The third-order valence-electron chi connectivity index (χ3n) is 5.16. The van der Waals surface area contributed by atoms with Gasteiger partial charge in [-0.05, 0) is 24.8 Å². The first-order chi connectivity index (χ1) is 11.5. The summed E-state index contributed by atoms with van der Waals surface area (Å²) in [6.45, 7) is 6.44. The average molecular weight is 356 g/mol. The molecule has 1 aromatic carbocycles. The normalized spacial score (nSPS) is 16.8. The Balaban J connectivity index is 3.31. The number of benzene rings is 1. The fourth-order valence-corrected chi connectivity index (χ4v) is 3.89. The predicted octanol–water partition coefficient (Wildman–Crippen LogP) is 4.88. The summed E-state index contributed by atoms with van der Waals surface area (Å²) in [7, 11) is -2.43. The fourth-order valence-electron chi connectivity index (χ4n) is 3.53. The Morgan fingerprint density at radius 1 is 0.958 bits per heavy atom. The van der Waals surface area contributed by atoms with Crippen LogP contribution in [-0.4, -0.2) is 21.5 Å². The average Bonchev–Trinajstić information content (AvgIpc) is 2.60. The maximum Gasteiger partial charge on any atom is 0.327 e. The minimum Gasteiger partial charge on any atom is -0.384 e. The molecule has 0 aliphatic rings. The summed E-state index contributed by atoms with van der Waals surface area (Å²) in [5.74, 6) is 0. The molecule has 0 aliphatic heterocycles. The summed E-state index contributed by atoms with van der Waals surface area (Å²) in [5, 5.41) is 11.8. The monoisotopic (exact) mass is 356 g/mol. The van der Waals surface area contributed by atoms with E-state index in [1.807, 2.05) is 30.3 Å². The molecule has 1 rings (SSSR count). The van der Waals surface area contributed by atoms with Gasteiger partial charge < -0.3 is 19.4 Å². The van der Waals surface area contributed by atoms with Crippen molar-refractivity contribution in [3.63, 3.8) is 0 Å². The van der Waals surface area contributed by atoms with Gasteiger partial charge >= 0.3 is 8.60 Å². The lowest BCUT2D eigenvalue weighted by Gasteiger charge is -2.48. The molecule has 0 radical (unpaired) electrons. The van der Waals surface area contributed by atoms with Gasteiger partial charge in [-0.3, -0.25) is 0 Å². The van der Waals surface area contributed by atoms with E-state index in [9.17, 15) is 14.9 Å². The quantitative estimate of drug-likeness (QED) is 0.467. The molecule has 2 atom stereocenters. The Kier molecular flexibility index (Phi) is 9.40. The van der Waals surface area contributed by atoms with Crippen LogP contribution >= 0.6 is 8.60 Å². The molecule has 0 aromatic heterocycles. The Hall–Kier alpha value is -0.510. The predicted molar refractivity (Wildman–Crippen MR) is 99.4 cm³/mol. The maximum atomic E-state index is 11.8. The van der Waals surface area contributed by atoms with Crippen molar-refractivity contribution in [2.75, 3.05) is 6.61 Å². The van der Waals surface area contributed by atoms with Crippen LogP contribution in [0.2, 0.25) is 0 Å². The van der Waals surface area contributed by atoms with Gasteiger partial charge in [0.2, 0.25) is 0 Å². The Labute approximate surface area is 147 Å². The molecule has 0 fully saturated rings. The zero-order chi connectivity index (χ0) is 18.1. The highest BCUT2D eigenvalue weighted by Gasteiger charge is 2.49. The Morgan fingerprint density at radius 2 is 1.54 bits per heavy atom. The lowest BCUT2D eigenvalue weighted by atomic mass is 9.62. The smallest absolute Gasteiger partial charge is 0.327 e. The van der Waals surface area contributed by atoms with Crippen LogP contribution in [0.15, 0.2) is 30.3 Å². The molecule has 0 aliphatic carbocycles. The van der Waals surface area contributed by atoms with Crippen molar-refractivity contribution in [2.45, 2.75) is 71.3 Å². The molecule has 0 heterocycles. The molecule has 1 aromatic rings. The third kappa shape index (κ3) is 5.24. The first kappa shape index (κ1) is 21.5. The summed E-state index contributed by atoms with van der Waals surface area (Å²) in [6.07, 6.45) is 6.04. The molecular weight excluding hydrogens is 323 g/mol. The molecule has 0 bridgehead atoms. The van der Waals surface area contributed by atoms with E-state index in [1.54, 1.807) is 0 Å². The van der Waals surface area contributed by atoms with Crippen molar-refractivity contribution in [2.24, 2.45) is 5.41 Å². The molecule has 0 saturated carbocycles. The van der Waals surface area contributed by atoms with E-state index >= 15 is 0 Å². The van der Waals surface area contributed by atoms with Gasteiger partial charge in [0, 0.05) is 5.41 Å². The van der Waals surface area contributed by atoms with E-state index in [1.165, 1.54) is 0 Å². The van der Waals surface area contributed by atoms with Gasteiger partial charge in [0.25, 0.3) is 0 Å². The highest BCUT2D eigenvalue weighted by atomic mass is 31.2. The lowest BCUT2D eigenvalue weighted by Crippen LogP contribution is -2.48. The summed E-state index contributed by atoms with van der Waals surface area (Å²) in [4.78, 5) is 18.5. The summed E-state index contributed by atoms with van der Waals surface area (Å²) in [6, 6.07) is 9.76. The van der Waals surface area contributed by atoms with Gasteiger partial charge in [-0.2, -0.15) is 0 Å². The molecule has 0 amide bonds. The van der Waals surface area contributed by atoms with Crippen molar-refractivity contribution in [3.8, 4) is 0 Å². The van der Waals surface area contributed by atoms with Crippen LogP contribution in [0, 0.1) is 5.41 Å². The number of aliphatic hydroxyl groups is 1. The minimum atomic E-state index is -2.43. The Bertz CT molecular complexity index is 454. The zero-order valence-electron chi connectivity index (χ0n) is 15.2. The highest BCUT2D eigenvalue weighted by molar-refractivity contribution is 7.39. The Morgan fingerprint density at radius 3 is 2.04 bits per heavy atom. The van der Waals surface area contributed by atoms with Gasteiger partial charge in [0.15, 0.2) is 0 Å². The van der Waals surface area contributed by atoms with Crippen molar-refractivity contribution >= 4 is 8.60 Å². The van der Waals surface area contributed by atoms with E-state index in [0.717, 1.165) is 37.7 Å². The second-order valence-corrected chi connectivity index (χ2v) is 7.36. The number of hydrogen-bond acceptors (Lipinski definition) is 4. The number of hydrogen-bond donors (Lipinski definition) is 3. The first-order valence-corrected chi connectivity index (χ1v) is 10.2. The van der Waals surface area contributed by atoms with E-state index in [2.05, 4.69) is 20.8 Å². The van der Waals surface area contributed by atoms with Gasteiger partial charge in [-0.15, -0.1) is 0 Å². The molecular formula is C19H33O4P.